The Hall–Kier alpha value is -0.730. The fraction of sp³-hybridized carbons (Fsp3) is 0.857. The zero-order valence-electron chi connectivity index (χ0n) is 6.13. The second-order valence-corrected chi connectivity index (χ2v) is 3.17. The van der Waals surface area contributed by atoms with Gasteiger partial charge in [0.1, 0.15) is 0 Å². The molecule has 1 N–H and O–H groups in total. The summed E-state index contributed by atoms with van der Waals surface area (Å²) in [5.74, 6) is 0. The van der Waals surface area contributed by atoms with Crippen molar-refractivity contribution < 1.29 is 4.79 Å². The average Bonchev–Trinajstić information content (AvgIpc) is 2.41. The summed E-state index contributed by atoms with van der Waals surface area (Å²) < 4.78 is 0. The summed E-state index contributed by atoms with van der Waals surface area (Å²) >= 11 is 0. The Balaban J connectivity index is 2.16. The third-order valence-corrected chi connectivity index (χ3v) is 2.61. The van der Waals surface area contributed by atoms with Crippen LogP contribution in [0.25, 0.3) is 0 Å². The van der Waals surface area contributed by atoms with Crippen molar-refractivity contribution in [3.8, 4) is 0 Å². The van der Waals surface area contributed by atoms with Crippen LogP contribution in [0.4, 0.5) is 4.79 Å². The quantitative estimate of drug-likeness (QED) is 0.524. The molecule has 1 aliphatic carbocycles. The van der Waals surface area contributed by atoms with Crippen LogP contribution in [0.3, 0.4) is 0 Å². The van der Waals surface area contributed by atoms with Crippen molar-refractivity contribution in [2.24, 2.45) is 0 Å². The van der Waals surface area contributed by atoms with Gasteiger partial charge in [0.15, 0.2) is 0 Å². The maximum absolute atomic E-state index is 11.0. The maximum atomic E-state index is 11.0. The summed E-state index contributed by atoms with van der Waals surface area (Å²) in [6, 6.07) is 1.06. The van der Waals surface area contributed by atoms with Gasteiger partial charge in [0.05, 0.1) is 12.1 Å². The Bertz CT molecular complexity index is 169. The number of nitrogens with one attached hydrogen (secondary N) is 1. The van der Waals surface area contributed by atoms with Crippen molar-refractivity contribution in [2.45, 2.75) is 31.3 Å². The van der Waals surface area contributed by atoms with Crippen LogP contribution in [-0.4, -0.2) is 30.1 Å². The fourth-order valence-electron chi connectivity index (χ4n) is 1.98. The molecule has 0 bridgehead atoms. The van der Waals surface area contributed by atoms with Gasteiger partial charge in [-0.1, -0.05) is 0 Å². The highest BCUT2D eigenvalue weighted by Gasteiger charge is 2.39. The van der Waals surface area contributed by atoms with Gasteiger partial charge in [-0.3, -0.25) is 0 Å². The number of amides is 2. The molecule has 2 fully saturated rings. The molecule has 2 amide bonds. The largest absolute Gasteiger partial charge is 0.333 e. The normalized spacial score (nSPS) is 38.1. The molecule has 2 aliphatic rings. The van der Waals surface area contributed by atoms with Crippen molar-refractivity contribution in [3.05, 3.63) is 0 Å². The summed E-state index contributed by atoms with van der Waals surface area (Å²) in [7, 11) is 1.88. The molecule has 2 atom stereocenters. The van der Waals surface area contributed by atoms with Gasteiger partial charge in [-0.25, -0.2) is 4.79 Å². The van der Waals surface area contributed by atoms with Crippen LogP contribution in [-0.2, 0) is 0 Å². The molecule has 1 saturated heterocycles. The summed E-state index contributed by atoms with van der Waals surface area (Å²) in [5, 5.41) is 2.95. The summed E-state index contributed by atoms with van der Waals surface area (Å²) in [5.41, 5.74) is 0. The highest BCUT2D eigenvalue weighted by Crippen LogP contribution is 2.27. The number of rotatable bonds is 0. The smallest absolute Gasteiger partial charge is 0.317 e. The van der Waals surface area contributed by atoms with Gasteiger partial charge in [-0.2, -0.15) is 0 Å². The molecule has 0 aromatic heterocycles. The molecule has 3 heteroatoms. The molecule has 1 aliphatic heterocycles. The number of fused-ring (bicyclic) bond motifs is 1. The Morgan fingerprint density at radius 3 is 3.10 bits per heavy atom. The summed E-state index contributed by atoms with van der Waals surface area (Å²) in [6.07, 6.45) is 3.61. The van der Waals surface area contributed by atoms with E-state index in [0.29, 0.717) is 12.1 Å². The first-order chi connectivity index (χ1) is 4.79. The van der Waals surface area contributed by atoms with Gasteiger partial charge in [-0.05, 0) is 19.3 Å². The fourth-order valence-corrected chi connectivity index (χ4v) is 1.98. The van der Waals surface area contributed by atoms with Gasteiger partial charge >= 0.3 is 6.03 Å². The number of nitrogens with zero attached hydrogens (tertiary/aromatic N) is 1. The first kappa shape index (κ1) is 6.01. The number of carbonyl (C=O) groups is 1. The lowest BCUT2D eigenvalue weighted by molar-refractivity contribution is 0.215. The molecular weight excluding hydrogens is 128 g/mol. The minimum absolute atomic E-state index is 0.106. The molecule has 3 nitrogen and oxygen atoms in total. The first-order valence-electron chi connectivity index (χ1n) is 3.82. The van der Waals surface area contributed by atoms with Crippen molar-refractivity contribution in [2.75, 3.05) is 7.05 Å². The molecule has 1 saturated carbocycles. The second kappa shape index (κ2) is 1.87. The van der Waals surface area contributed by atoms with Gasteiger partial charge in [0, 0.05) is 7.05 Å². The predicted octanol–water partition coefficient (Wildman–Crippen LogP) is 0.562. The molecule has 0 aromatic carbocycles. The van der Waals surface area contributed by atoms with E-state index in [1.54, 1.807) is 0 Å². The first-order valence-corrected chi connectivity index (χ1v) is 3.82. The Morgan fingerprint density at radius 1 is 1.60 bits per heavy atom. The van der Waals surface area contributed by atoms with Crippen LogP contribution in [0, 0.1) is 0 Å². The zero-order valence-corrected chi connectivity index (χ0v) is 6.13. The lowest BCUT2D eigenvalue weighted by Crippen LogP contribution is -2.29. The van der Waals surface area contributed by atoms with Crippen LogP contribution in [0.15, 0.2) is 0 Å². The average molecular weight is 140 g/mol. The Morgan fingerprint density at radius 2 is 2.40 bits per heavy atom. The minimum Gasteiger partial charge on any atom is -0.333 e. The molecule has 0 radical (unpaired) electrons. The van der Waals surface area contributed by atoms with E-state index in [-0.39, 0.29) is 6.03 Å². The number of likely N-dealkylation sites (N-methyl/N-ethyl adjacent to an activating group) is 1. The third-order valence-electron chi connectivity index (χ3n) is 2.61. The number of carbonyl (C=O) groups excluding carboxylic acids is 1. The molecular formula is C7H12N2O. The topological polar surface area (TPSA) is 32.3 Å². The van der Waals surface area contributed by atoms with E-state index in [2.05, 4.69) is 5.32 Å². The number of hydrogen-bond donors (Lipinski definition) is 1. The van der Waals surface area contributed by atoms with Gasteiger partial charge in [0.25, 0.3) is 0 Å². The molecule has 56 valence electrons. The van der Waals surface area contributed by atoms with Crippen LogP contribution >= 0.6 is 0 Å². The molecule has 1 heterocycles. The van der Waals surface area contributed by atoms with Gasteiger partial charge in [0.2, 0.25) is 0 Å². The highest BCUT2D eigenvalue weighted by molar-refractivity contribution is 5.77. The second-order valence-electron chi connectivity index (χ2n) is 3.17. The van der Waals surface area contributed by atoms with Crippen molar-refractivity contribution in [1.29, 1.82) is 0 Å². The highest BCUT2D eigenvalue weighted by atomic mass is 16.2. The Labute approximate surface area is 60.4 Å². The molecule has 0 spiro atoms. The molecule has 2 rings (SSSR count). The molecule has 0 unspecified atom stereocenters. The van der Waals surface area contributed by atoms with Crippen LogP contribution in [0.1, 0.15) is 19.3 Å². The van der Waals surface area contributed by atoms with Crippen molar-refractivity contribution >= 4 is 6.03 Å². The van der Waals surface area contributed by atoms with Crippen molar-refractivity contribution in [3.63, 3.8) is 0 Å². The summed E-state index contributed by atoms with van der Waals surface area (Å²) in [6.45, 7) is 0. The summed E-state index contributed by atoms with van der Waals surface area (Å²) in [4.78, 5) is 12.8. The van der Waals surface area contributed by atoms with E-state index in [4.69, 9.17) is 0 Å². The van der Waals surface area contributed by atoms with Crippen LogP contribution < -0.4 is 5.32 Å². The van der Waals surface area contributed by atoms with Gasteiger partial charge < -0.3 is 10.2 Å². The Kier molecular flexibility index (Phi) is 1.13. The maximum Gasteiger partial charge on any atom is 0.317 e. The predicted molar refractivity (Wildman–Crippen MR) is 37.7 cm³/mol. The van der Waals surface area contributed by atoms with E-state index < -0.39 is 0 Å². The lowest BCUT2D eigenvalue weighted by Gasteiger charge is -2.14. The number of hydrogen-bond acceptors (Lipinski definition) is 1. The van der Waals surface area contributed by atoms with E-state index in [9.17, 15) is 4.79 Å². The van der Waals surface area contributed by atoms with Crippen molar-refractivity contribution in [1.82, 2.24) is 10.2 Å². The van der Waals surface area contributed by atoms with E-state index in [1.807, 2.05) is 11.9 Å². The zero-order chi connectivity index (χ0) is 7.14. The molecule has 10 heavy (non-hydrogen) atoms. The standard InChI is InChI=1S/C7H12N2O/c1-9-6-4-2-3-5(6)8-7(9)10/h5-6H,2-4H2,1H3,(H,8,10)/t5-,6+/m0/s1. The third kappa shape index (κ3) is 0.632. The number of urea groups is 1. The van der Waals surface area contributed by atoms with Crippen LogP contribution in [0.2, 0.25) is 0 Å². The minimum atomic E-state index is 0.106. The SMILES string of the molecule is CN1C(=O)N[C@H]2CCC[C@H]21. The monoisotopic (exact) mass is 140 g/mol. The van der Waals surface area contributed by atoms with Gasteiger partial charge in [-0.15, -0.1) is 0 Å². The van der Waals surface area contributed by atoms with E-state index >= 15 is 0 Å². The van der Waals surface area contributed by atoms with Crippen LogP contribution in [0.5, 0.6) is 0 Å². The van der Waals surface area contributed by atoms with E-state index in [0.717, 1.165) is 0 Å². The molecule has 0 aromatic rings. The van der Waals surface area contributed by atoms with E-state index in [1.165, 1.54) is 19.3 Å². The lowest BCUT2D eigenvalue weighted by atomic mass is 10.2.